The molecule has 2 N–H and O–H groups in total. The lowest BCUT2D eigenvalue weighted by Gasteiger charge is -2.23. The smallest absolute Gasteiger partial charge is 0.434 e. The number of anilines is 1. The summed E-state index contributed by atoms with van der Waals surface area (Å²) >= 11 is 5.89. The van der Waals surface area contributed by atoms with E-state index >= 15 is 4.39 Å². The number of fused-ring (bicyclic) bond motifs is 1. The first-order valence-electron chi connectivity index (χ1n) is 11.1. The number of carbonyl (C=O) groups excluding carboxylic acids is 2. The average molecular weight is 518 g/mol. The van der Waals surface area contributed by atoms with Gasteiger partial charge >= 0.3 is 12.3 Å². The zero-order valence-corrected chi connectivity index (χ0v) is 20.7. The van der Waals surface area contributed by atoms with Gasteiger partial charge in [0.15, 0.2) is 30.0 Å². The van der Waals surface area contributed by atoms with Gasteiger partial charge in [0.2, 0.25) is 5.28 Å². The van der Waals surface area contributed by atoms with Gasteiger partial charge in [-0.1, -0.05) is 19.8 Å². The molecular weight excluding hydrogens is 489 g/mol. The zero-order chi connectivity index (χ0) is 25.8. The number of ether oxygens (including phenoxy) is 5. The normalized spacial score (nSPS) is 22.2. The Hall–Kier alpha value is -2.93. The standard InChI is InChI=1S/C21H29ClFN5O7/c1-5-6-7-8-31-19(29)32-9-11-14(34-20(30)35-21(2,3)4)12(23)17(33-11)28-10-25-13-15(24)26-18(22)27-16(13)28/h10-12,14,17H,5-9H2,1-4H3,(H2,24,26,27)/t11-,12+,14-,17-/m1/s1. The molecule has 0 unspecified atom stereocenters. The lowest BCUT2D eigenvalue weighted by Crippen LogP contribution is -2.38. The molecule has 1 saturated heterocycles. The molecule has 2 aromatic rings. The van der Waals surface area contributed by atoms with Crippen LogP contribution in [-0.2, 0) is 23.7 Å². The third-order valence-corrected chi connectivity index (χ3v) is 5.09. The van der Waals surface area contributed by atoms with E-state index in [2.05, 4.69) is 15.0 Å². The first-order valence-corrected chi connectivity index (χ1v) is 11.5. The topological polar surface area (TPSA) is 150 Å². The molecule has 0 aromatic carbocycles. The second-order valence-electron chi connectivity index (χ2n) is 8.87. The number of alkyl halides is 1. The van der Waals surface area contributed by atoms with Crippen LogP contribution in [0.25, 0.3) is 11.2 Å². The van der Waals surface area contributed by atoms with Crippen LogP contribution < -0.4 is 5.73 Å². The quantitative estimate of drug-likeness (QED) is 0.308. The van der Waals surface area contributed by atoms with E-state index in [9.17, 15) is 9.59 Å². The molecule has 0 spiro atoms. The van der Waals surface area contributed by atoms with E-state index in [-0.39, 0.29) is 28.9 Å². The molecular formula is C21H29ClFN5O7. The number of carbonyl (C=O) groups is 2. The van der Waals surface area contributed by atoms with Crippen LogP contribution in [0.1, 0.15) is 53.2 Å². The van der Waals surface area contributed by atoms with Crippen LogP contribution in [-0.4, -0.2) is 69.0 Å². The molecule has 4 atom stereocenters. The molecule has 1 fully saturated rings. The number of unbranched alkanes of at least 4 members (excludes halogenated alkanes) is 2. The fourth-order valence-electron chi connectivity index (χ4n) is 3.37. The predicted octanol–water partition coefficient (Wildman–Crippen LogP) is 3.96. The summed E-state index contributed by atoms with van der Waals surface area (Å²) < 4.78 is 43.1. The molecule has 12 nitrogen and oxygen atoms in total. The van der Waals surface area contributed by atoms with E-state index in [1.54, 1.807) is 20.8 Å². The molecule has 1 aliphatic rings. The van der Waals surface area contributed by atoms with Crippen LogP contribution in [0, 0.1) is 0 Å². The number of aromatic nitrogens is 4. The Labute approximate surface area is 206 Å². The summed E-state index contributed by atoms with van der Waals surface area (Å²) in [7, 11) is 0. The fraction of sp³-hybridized carbons (Fsp3) is 0.667. The maximum atomic E-state index is 15.6. The van der Waals surface area contributed by atoms with E-state index in [0.29, 0.717) is 6.42 Å². The van der Waals surface area contributed by atoms with Crippen molar-refractivity contribution in [2.24, 2.45) is 0 Å². The van der Waals surface area contributed by atoms with Crippen molar-refractivity contribution >= 4 is 40.9 Å². The van der Waals surface area contributed by atoms with Gasteiger partial charge in [-0.15, -0.1) is 0 Å². The van der Waals surface area contributed by atoms with Crippen molar-refractivity contribution in [3.63, 3.8) is 0 Å². The maximum absolute atomic E-state index is 15.6. The molecule has 2 aromatic heterocycles. The lowest BCUT2D eigenvalue weighted by atomic mass is 10.1. The molecule has 3 rings (SSSR count). The van der Waals surface area contributed by atoms with Crippen LogP contribution in [0.4, 0.5) is 19.8 Å². The maximum Gasteiger partial charge on any atom is 0.509 e. The van der Waals surface area contributed by atoms with Crippen molar-refractivity contribution in [3.8, 4) is 0 Å². The number of nitrogens with two attached hydrogens (primary N) is 1. The third kappa shape index (κ3) is 6.82. The Morgan fingerprint density at radius 2 is 1.97 bits per heavy atom. The van der Waals surface area contributed by atoms with Crippen LogP contribution in [0.2, 0.25) is 5.28 Å². The van der Waals surface area contributed by atoms with E-state index in [1.807, 2.05) is 6.92 Å². The minimum Gasteiger partial charge on any atom is -0.434 e. The van der Waals surface area contributed by atoms with Crippen molar-refractivity contribution < 1.29 is 37.7 Å². The van der Waals surface area contributed by atoms with Gasteiger partial charge in [0.05, 0.1) is 12.9 Å². The largest absolute Gasteiger partial charge is 0.509 e. The molecule has 3 heterocycles. The van der Waals surface area contributed by atoms with Gasteiger partial charge in [-0.3, -0.25) is 4.57 Å². The molecule has 0 saturated carbocycles. The Morgan fingerprint density at radius 1 is 1.23 bits per heavy atom. The van der Waals surface area contributed by atoms with E-state index < -0.39 is 49.1 Å². The van der Waals surface area contributed by atoms with E-state index in [1.165, 1.54) is 10.9 Å². The molecule has 0 radical (unpaired) electrons. The number of imidazole rings is 1. The molecule has 0 bridgehead atoms. The summed E-state index contributed by atoms with van der Waals surface area (Å²) in [4.78, 5) is 36.2. The van der Waals surface area contributed by atoms with Crippen molar-refractivity contribution in [1.82, 2.24) is 19.5 Å². The second-order valence-corrected chi connectivity index (χ2v) is 9.21. The van der Waals surface area contributed by atoms with Crippen molar-refractivity contribution in [3.05, 3.63) is 11.6 Å². The van der Waals surface area contributed by atoms with Crippen molar-refractivity contribution in [2.75, 3.05) is 18.9 Å². The Kier molecular flexibility index (Phi) is 8.54. The monoisotopic (exact) mass is 517 g/mol. The predicted molar refractivity (Wildman–Crippen MR) is 121 cm³/mol. The van der Waals surface area contributed by atoms with Gasteiger partial charge < -0.3 is 29.4 Å². The van der Waals surface area contributed by atoms with Crippen LogP contribution >= 0.6 is 11.6 Å². The number of hydrogen-bond donors (Lipinski definition) is 1. The number of halogens is 2. The van der Waals surface area contributed by atoms with Gasteiger partial charge in [0.25, 0.3) is 0 Å². The summed E-state index contributed by atoms with van der Waals surface area (Å²) in [5, 5.41) is -0.169. The van der Waals surface area contributed by atoms with Crippen LogP contribution in [0.5, 0.6) is 0 Å². The van der Waals surface area contributed by atoms with Gasteiger partial charge in [-0.05, 0) is 38.8 Å². The van der Waals surface area contributed by atoms with Crippen LogP contribution in [0.3, 0.4) is 0 Å². The zero-order valence-electron chi connectivity index (χ0n) is 19.9. The summed E-state index contributed by atoms with van der Waals surface area (Å²) in [5.74, 6) is -0.000545. The molecule has 35 heavy (non-hydrogen) atoms. The number of rotatable bonds is 8. The lowest BCUT2D eigenvalue weighted by molar-refractivity contribution is -0.0752. The van der Waals surface area contributed by atoms with E-state index in [4.69, 9.17) is 41.0 Å². The molecule has 14 heteroatoms. The summed E-state index contributed by atoms with van der Waals surface area (Å²) in [5.41, 5.74) is 5.25. The Balaban J connectivity index is 1.78. The molecule has 0 aliphatic carbocycles. The fourth-order valence-corrected chi connectivity index (χ4v) is 3.55. The first-order chi connectivity index (χ1) is 16.5. The highest BCUT2D eigenvalue weighted by molar-refractivity contribution is 6.28. The van der Waals surface area contributed by atoms with Gasteiger partial charge in [0.1, 0.15) is 23.8 Å². The summed E-state index contributed by atoms with van der Waals surface area (Å²) in [6.45, 7) is 6.66. The summed E-state index contributed by atoms with van der Waals surface area (Å²) in [6.07, 6.45) is -4.19. The minimum atomic E-state index is -1.91. The first kappa shape index (κ1) is 26.7. The molecule has 1 aliphatic heterocycles. The number of hydrogen-bond acceptors (Lipinski definition) is 11. The Bertz CT molecular complexity index is 1050. The minimum absolute atomic E-state index is 0.000545. The van der Waals surface area contributed by atoms with Gasteiger partial charge in [-0.25, -0.2) is 19.0 Å². The van der Waals surface area contributed by atoms with Gasteiger partial charge in [0, 0.05) is 0 Å². The van der Waals surface area contributed by atoms with Gasteiger partial charge in [-0.2, -0.15) is 9.97 Å². The highest BCUT2D eigenvalue weighted by Crippen LogP contribution is 2.36. The van der Waals surface area contributed by atoms with Crippen molar-refractivity contribution in [1.29, 1.82) is 0 Å². The molecule has 194 valence electrons. The van der Waals surface area contributed by atoms with E-state index in [0.717, 1.165) is 12.8 Å². The number of nitrogen functional groups attached to an aromatic ring is 1. The third-order valence-electron chi connectivity index (χ3n) is 4.92. The highest BCUT2D eigenvalue weighted by Gasteiger charge is 2.50. The number of nitrogens with zero attached hydrogens (tertiary/aromatic N) is 4. The SMILES string of the molecule is CCCCCOC(=O)OC[C@H]1O[C@@H](n2cnc3c(N)nc(Cl)nc32)[C@@H](F)[C@@H]1OC(=O)OC(C)(C)C. The Morgan fingerprint density at radius 3 is 2.66 bits per heavy atom. The highest BCUT2D eigenvalue weighted by atomic mass is 35.5. The molecule has 0 amide bonds. The summed E-state index contributed by atoms with van der Waals surface area (Å²) in [6, 6.07) is 0. The second kappa shape index (κ2) is 11.2. The van der Waals surface area contributed by atoms with Crippen molar-refractivity contribution in [2.45, 2.75) is 77.2 Å². The van der Waals surface area contributed by atoms with Crippen LogP contribution in [0.15, 0.2) is 6.33 Å². The average Bonchev–Trinajstić information content (AvgIpc) is 3.30.